The van der Waals surface area contributed by atoms with Crippen LogP contribution >= 0.6 is 0 Å². The molecule has 20 heavy (non-hydrogen) atoms. The largest absolute Gasteiger partial charge is 0.382 e. The topological polar surface area (TPSA) is 67.1 Å². The van der Waals surface area contributed by atoms with Gasteiger partial charge in [-0.2, -0.15) is 0 Å². The fourth-order valence-corrected chi connectivity index (χ4v) is 2.46. The van der Waals surface area contributed by atoms with E-state index in [1.54, 1.807) is 6.07 Å². The molecule has 0 unspecified atom stereocenters. The summed E-state index contributed by atoms with van der Waals surface area (Å²) < 4.78 is 0. The van der Waals surface area contributed by atoms with Crippen molar-refractivity contribution in [3.63, 3.8) is 0 Å². The van der Waals surface area contributed by atoms with Gasteiger partial charge < -0.3 is 16.0 Å². The molecule has 3 rings (SSSR count). The number of rotatable bonds is 3. The third-order valence-electron chi connectivity index (χ3n) is 3.55. The first-order valence-corrected chi connectivity index (χ1v) is 7.02. The van der Waals surface area contributed by atoms with Crippen LogP contribution in [0.15, 0.2) is 36.4 Å². The summed E-state index contributed by atoms with van der Waals surface area (Å²) in [6.07, 6.45) is 3.94. The maximum Gasteiger partial charge on any atom is 0.153 e. The van der Waals surface area contributed by atoms with Gasteiger partial charge in [0.25, 0.3) is 0 Å². The van der Waals surface area contributed by atoms with E-state index >= 15 is 0 Å². The van der Waals surface area contributed by atoms with Crippen LogP contribution in [0.5, 0.6) is 0 Å². The Morgan fingerprint density at radius 1 is 0.900 bits per heavy atom. The van der Waals surface area contributed by atoms with Crippen molar-refractivity contribution >= 4 is 23.0 Å². The SMILES string of the molecule is Nc1ccc(Nc2ccc(N3CCCCC3)cc2)nn1. The van der Waals surface area contributed by atoms with E-state index in [4.69, 9.17) is 5.73 Å². The molecule has 5 heteroatoms. The Morgan fingerprint density at radius 3 is 2.30 bits per heavy atom. The van der Waals surface area contributed by atoms with E-state index in [1.165, 1.54) is 24.9 Å². The highest BCUT2D eigenvalue weighted by molar-refractivity contribution is 5.61. The molecule has 0 atom stereocenters. The lowest BCUT2D eigenvalue weighted by Gasteiger charge is -2.28. The van der Waals surface area contributed by atoms with Gasteiger partial charge in [0, 0.05) is 24.5 Å². The van der Waals surface area contributed by atoms with Crippen LogP contribution in [0.3, 0.4) is 0 Å². The molecule has 0 radical (unpaired) electrons. The first-order valence-electron chi connectivity index (χ1n) is 7.02. The van der Waals surface area contributed by atoms with Crippen molar-refractivity contribution in [1.82, 2.24) is 10.2 Å². The molecule has 0 amide bonds. The van der Waals surface area contributed by atoms with Gasteiger partial charge in [-0.3, -0.25) is 0 Å². The molecular formula is C15H19N5. The number of hydrogen-bond donors (Lipinski definition) is 2. The molecule has 1 aromatic carbocycles. The van der Waals surface area contributed by atoms with Gasteiger partial charge >= 0.3 is 0 Å². The average molecular weight is 269 g/mol. The first kappa shape index (κ1) is 12.7. The van der Waals surface area contributed by atoms with Crippen LogP contribution in [0.25, 0.3) is 0 Å². The monoisotopic (exact) mass is 269 g/mol. The first-order chi connectivity index (χ1) is 9.81. The van der Waals surface area contributed by atoms with Gasteiger partial charge in [0.1, 0.15) is 5.82 Å². The second-order valence-corrected chi connectivity index (χ2v) is 5.06. The number of nitrogens with zero attached hydrogens (tertiary/aromatic N) is 3. The van der Waals surface area contributed by atoms with Crippen molar-refractivity contribution in [3.8, 4) is 0 Å². The second-order valence-electron chi connectivity index (χ2n) is 5.06. The second kappa shape index (κ2) is 5.77. The summed E-state index contributed by atoms with van der Waals surface area (Å²) in [7, 11) is 0. The van der Waals surface area contributed by atoms with Gasteiger partial charge in [0.05, 0.1) is 0 Å². The molecule has 1 aliphatic rings. The van der Waals surface area contributed by atoms with Crippen LogP contribution in [-0.2, 0) is 0 Å². The van der Waals surface area contributed by atoms with E-state index in [-0.39, 0.29) is 0 Å². The minimum Gasteiger partial charge on any atom is -0.382 e. The lowest BCUT2D eigenvalue weighted by molar-refractivity contribution is 0.578. The molecule has 0 saturated carbocycles. The van der Waals surface area contributed by atoms with Gasteiger partial charge in [-0.25, -0.2) is 0 Å². The van der Waals surface area contributed by atoms with Crippen molar-refractivity contribution in [2.24, 2.45) is 0 Å². The van der Waals surface area contributed by atoms with Gasteiger partial charge in [0.2, 0.25) is 0 Å². The Kier molecular flexibility index (Phi) is 3.67. The highest BCUT2D eigenvalue weighted by atomic mass is 15.2. The number of piperidine rings is 1. The Hall–Kier alpha value is -2.30. The molecular weight excluding hydrogens is 250 g/mol. The van der Waals surface area contributed by atoms with Gasteiger partial charge in [-0.1, -0.05) is 0 Å². The third-order valence-corrected chi connectivity index (χ3v) is 3.55. The number of anilines is 4. The highest BCUT2D eigenvalue weighted by Crippen LogP contribution is 2.23. The molecule has 1 aliphatic heterocycles. The summed E-state index contributed by atoms with van der Waals surface area (Å²) in [5.41, 5.74) is 7.81. The van der Waals surface area contributed by atoms with Crippen molar-refractivity contribution in [1.29, 1.82) is 0 Å². The Bertz CT molecular complexity index is 543. The fourth-order valence-electron chi connectivity index (χ4n) is 2.46. The zero-order chi connectivity index (χ0) is 13.8. The molecule has 2 aromatic rings. The summed E-state index contributed by atoms with van der Waals surface area (Å²) in [6, 6.07) is 12.0. The van der Waals surface area contributed by atoms with Crippen molar-refractivity contribution in [2.75, 3.05) is 29.0 Å². The minimum absolute atomic E-state index is 0.427. The van der Waals surface area contributed by atoms with E-state index in [0.717, 1.165) is 18.8 Å². The normalized spacial score (nSPS) is 15.1. The predicted molar refractivity (Wildman–Crippen MR) is 82.2 cm³/mol. The molecule has 3 N–H and O–H groups in total. The van der Waals surface area contributed by atoms with E-state index in [9.17, 15) is 0 Å². The third kappa shape index (κ3) is 2.99. The van der Waals surface area contributed by atoms with Crippen LogP contribution in [0.2, 0.25) is 0 Å². The summed E-state index contributed by atoms with van der Waals surface area (Å²) >= 11 is 0. The van der Waals surface area contributed by atoms with Crippen LogP contribution in [0, 0.1) is 0 Å². The van der Waals surface area contributed by atoms with Crippen LogP contribution in [0.1, 0.15) is 19.3 Å². The van der Waals surface area contributed by atoms with Gasteiger partial charge in [-0.05, 0) is 55.7 Å². The lowest BCUT2D eigenvalue weighted by atomic mass is 10.1. The summed E-state index contributed by atoms with van der Waals surface area (Å²) in [4.78, 5) is 2.44. The van der Waals surface area contributed by atoms with Gasteiger partial charge in [0.15, 0.2) is 5.82 Å². The van der Waals surface area contributed by atoms with E-state index in [0.29, 0.717) is 11.6 Å². The molecule has 1 aromatic heterocycles. The maximum atomic E-state index is 5.52. The Balaban J connectivity index is 1.67. The number of nitrogen functional groups attached to an aromatic ring is 1. The van der Waals surface area contributed by atoms with E-state index in [2.05, 4.69) is 44.7 Å². The summed E-state index contributed by atoms with van der Waals surface area (Å²) in [6.45, 7) is 2.33. The summed E-state index contributed by atoms with van der Waals surface area (Å²) in [5, 5.41) is 11.0. The Morgan fingerprint density at radius 2 is 1.65 bits per heavy atom. The molecule has 0 spiro atoms. The van der Waals surface area contributed by atoms with E-state index in [1.807, 2.05) is 6.07 Å². The highest BCUT2D eigenvalue weighted by Gasteiger charge is 2.10. The standard InChI is InChI=1S/C15H19N5/c16-14-8-9-15(19-18-14)17-12-4-6-13(7-5-12)20-10-2-1-3-11-20/h4-9H,1-3,10-11H2,(H2,16,18)(H,17,19). The van der Waals surface area contributed by atoms with Gasteiger partial charge in [-0.15, -0.1) is 10.2 Å². The smallest absolute Gasteiger partial charge is 0.153 e. The summed E-state index contributed by atoms with van der Waals surface area (Å²) in [5.74, 6) is 1.13. The van der Waals surface area contributed by atoms with Crippen molar-refractivity contribution in [3.05, 3.63) is 36.4 Å². The molecule has 0 bridgehead atoms. The van der Waals surface area contributed by atoms with Crippen LogP contribution in [-0.4, -0.2) is 23.3 Å². The number of benzene rings is 1. The molecule has 5 nitrogen and oxygen atoms in total. The van der Waals surface area contributed by atoms with Crippen LogP contribution < -0.4 is 16.0 Å². The maximum absolute atomic E-state index is 5.52. The lowest BCUT2D eigenvalue weighted by Crippen LogP contribution is -2.29. The average Bonchev–Trinajstić information content (AvgIpc) is 2.51. The number of hydrogen-bond acceptors (Lipinski definition) is 5. The van der Waals surface area contributed by atoms with Crippen molar-refractivity contribution in [2.45, 2.75) is 19.3 Å². The molecule has 0 aliphatic carbocycles. The quantitative estimate of drug-likeness (QED) is 0.896. The number of aromatic nitrogens is 2. The molecule has 104 valence electrons. The molecule has 1 fully saturated rings. The number of nitrogens with two attached hydrogens (primary N) is 1. The number of nitrogens with one attached hydrogen (secondary N) is 1. The molecule has 2 heterocycles. The zero-order valence-electron chi connectivity index (χ0n) is 11.4. The van der Waals surface area contributed by atoms with Crippen molar-refractivity contribution < 1.29 is 0 Å². The van der Waals surface area contributed by atoms with Crippen LogP contribution in [0.4, 0.5) is 23.0 Å². The molecule has 1 saturated heterocycles. The minimum atomic E-state index is 0.427. The fraction of sp³-hybridized carbons (Fsp3) is 0.333. The van der Waals surface area contributed by atoms with E-state index < -0.39 is 0 Å². The predicted octanol–water partition coefficient (Wildman–Crippen LogP) is 2.79. The zero-order valence-corrected chi connectivity index (χ0v) is 11.4. The Labute approximate surface area is 118 Å².